The van der Waals surface area contributed by atoms with Crippen molar-refractivity contribution in [3.05, 3.63) is 60.9 Å². The number of nitrogens with zero attached hydrogens (tertiary/aromatic N) is 3. The van der Waals surface area contributed by atoms with Gasteiger partial charge in [0.1, 0.15) is 17.2 Å². The molecule has 11 heteroatoms. The van der Waals surface area contributed by atoms with Gasteiger partial charge in [-0.15, -0.1) is 11.3 Å². The standard InChI is InChI=1S/C17H10Cl2N4O4S/c1-7-20-14-8(2-3-28-14)17(27)23(7)21-13(24)6-22-15(25)9-4-11(18)12(19)5-10(9)16(22)26/h2-5H,6H2,1H3,(H,21,24). The number of aryl methyl sites for hydroxylation is 1. The van der Waals surface area contributed by atoms with Gasteiger partial charge in [0, 0.05) is 0 Å². The summed E-state index contributed by atoms with van der Waals surface area (Å²) in [7, 11) is 0. The number of carbonyl (C=O) groups excluding carboxylic acids is 3. The van der Waals surface area contributed by atoms with Crippen molar-refractivity contribution in [3.8, 4) is 0 Å². The highest BCUT2D eigenvalue weighted by atomic mass is 35.5. The highest BCUT2D eigenvalue weighted by molar-refractivity contribution is 7.16. The van der Waals surface area contributed by atoms with E-state index in [1.54, 1.807) is 18.4 Å². The van der Waals surface area contributed by atoms with E-state index in [0.717, 1.165) is 9.58 Å². The molecule has 1 aromatic carbocycles. The van der Waals surface area contributed by atoms with E-state index in [9.17, 15) is 19.2 Å². The molecule has 0 saturated carbocycles. The number of halogens is 2. The summed E-state index contributed by atoms with van der Waals surface area (Å²) in [6.45, 7) is 0.988. The van der Waals surface area contributed by atoms with Crippen LogP contribution in [0.25, 0.3) is 10.2 Å². The quantitative estimate of drug-likeness (QED) is 0.635. The van der Waals surface area contributed by atoms with E-state index in [2.05, 4.69) is 10.4 Å². The van der Waals surface area contributed by atoms with E-state index in [1.165, 1.54) is 23.5 Å². The zero-order valence-corrected chi connectivity index (χ0v) is 16.5. The van der Waals surface area contributed by atoms with Crippen molar-refractivity contribution in [2.24, 2.45) is 0 Å². The van der Waals surface area contributed by atoms with Crippen molar-refractivity contribution < 1.29 is 14.4 Å². The number of hydrogen-bond donors (Lipinski definition) is 1. The number of benzene rings is 1. The van der Waals surface area contributed by atoms with Gasteiger partial charge in [0.05, 0.1) is 26.6 Å². The van der Waals surface area contributed by atoms with E-state index in [0.29, 0.717) is 10.2 Å². The van der Waals surface area contributed by atoms with Crippen LogP contribution in [0.5, 0.6) is 0 Å². The molecule has 0 atom stereocenters. The fourth-order valence-electron chi connectivity index (χ4n) is 2.88. The first-order chi connectivity index (χ1) is 13.3. The van der Waals surface area contributed by atoms with Gasteiger partial charge in [0.25, 0.3) is 23.3 Å². The van der Waals surface area contributed by atoms with Gasteiger partial charge in [0.2, 0.25) is 0 Å². The summed E-state index contributed by atoms with van der Waals surface area (Å²) in [5.74, 6) is -1.78. The molecule has 8 nitrogen and oxygen atoms in total. The Morgan fingerprint density at radius 1 is 1.14 bits per heavy atom. The lowest BCUT2D eigenvalue weighted by atomic mass is 10.1. The lowest BCUT2D eigenvalue weighted by molar-refractivity contribution is -0.117. The highest BCUT2D eigenvalue weighted by Crippen LogP contribution is 2.31. The van der Waals surface area contributed by atoms with E-state index in [-0.39, 0.29) is 27.0 Å². The minimum Gasteiger partial charge on any atom is -0.271 e. The zero-order chi connectivity index (χ0) is 20.2. The van der Waals surface area contributed by atoms with Gasteiger partial charge < -0.3 is 0 Å². The number of amides is 3. The van der Waals surface area contributed by atoms with Gasteiger partial charge in [-0.1, -0.05) is 23.2 Å². The third-order valence-corrected chi connectivity index (χ3v) is 5.74. The topological polar surface area (TPSA) is 101 Å². The van der Waals surface area contributed by atoms with Crippen molar-refractivity contribution >= 4 is 62.5 Å². The second kappa shape index (κ2) is 6.69. The van der Waals surface area contributed by atoms with Crippen molar-refractivity contribution in [2.75, 3.05) is 12.0 Å². The Morgan fingerprint density at radius 2 is 1.75 bits per heavy atom. The molecule has 4 rings (SSSR count). The highest BCUT2D eigenvalue weighted by Gasteiger charge is 2.37. The fourth-order valence-corrected chi connectivity index (χ4v) is 4.01. The second-order valence-corrected chi connectivity index (χ2v) is 7.69. The molecular weight excluding hydrogens is 427 g/mol. The van der Waals surface area contributed by atoms with Crippen molar-refractivity contribution in [1.29, 1.82) is 0 Å². The molecule has 3 aromatic rings. The number of hydrogen-bond acceptors (Lipinski definition) is 6. The molecule has 0 spiro atoms. The molecule has 0 bridgehead atoms. The van der Waals surface area contributed by atoms with Gasteiger partial charge in [0.15, 0.2) is 0 Å². The first-order valence-corrected chi connectivity index (χ1v) is 9.53. The van der Waals surface area contributed by atoms with Crippen LogP contribution in [0.15, 0.2) is 28.4 Å². The SMILES string of the molecule is Cc1nc2sccc2c(=O)n1NC(=O)CN1C(=O)c2cc(Cl)c(Cl)cc2C1=O. The fraction of sp³-hybridized carbons (Fsp3) is 0.118. The maximum Gasteiger partial charge on any atom is 0.281 e. The van der Waals surface area contributed by atoms with Gasteiger partial charge in [-0.05, 0) is 30.5 Å². The summed E-state index contributed by atoms with van der Waals surface area (Å²) in [4.78, 5) is 55.5. The van der Waals surface area contributed by atoms with Crippen LogP contribution in [-0.4, -0.2) is 38.8 Å². The smallest absolute Gasteiger partial charge is 0.271 e. The van der Waals surface area contributed by atoms with Crippen LogP contribution in [0, 0.1) is 6.92 Å². The molecule has 1 N–H and O–H groups in total. The number of carbonyl (C=O) groups is 3. The second-order valence-electron chi connectivity index (χ2n) is 5.98. The van der Waals surface area contributed by atoms with Gasteiger partial charge >= 0.3 is 0 Å². The van der Waals surface area contributed by atoms with Crippen LogP contribution >= 0.6 is 34.5 Å². The average Bonchev–Trinajstić information content (AvgIpc) is 3.19. The Labute approximate surface area is 171 Å². The predicted molar refractivity (Wildman–Crippen MR) is 105 cm³/mol. The Kier molecular flexibility index (Phi) is 4.45. The van der Waals surface area contributed by atoms with Crippen LogP contribution in [0.4, 0.5) is 0 Å². The molecule has 28 heavy (non-hydrogen) atoms. The Balaban J connectivity index is 1.59. The minimum atomic E-state index is -0.728. The molecule has 0 fully saturated rings. The summed E-state index contributed by atoms with van der Waals surface area (Å²) >= 11 is 13.1. The molecule has 0 aliphatic carbocycles. The molecule has 2 aromatic heterocycles. The molecular formula is C17H10Cl2N4O4S. The van der Waals surface area contributed by atoms with E-state index < -0.39 is 29.8 Å². The Hall–Kier alpha value is -2.75. The molecule has 0 unspecified atom stereocenters. The third kappa shape index (κ3) is 2.88. The monoisotopic (exact) mass is 436 g/mol. The molecule has 142 valence electrons. The van der Waals surface area contributed by atoms with Crippen LogP contribution in [0.1, 0.15) is 26.5 Å². The summed E-state index contributed by atoms with van der Waals surface area (Å²) < 4.78 is 0.989. The first kappa shape index (κ1) is 18.6. The van der Waals surface area contributed by atoms with Crippen LogP contribution in [0.3, 0.4) is 0 Å². The van der Waals surface area contributed by atoms with Crippen molar-refractivity contribution in [3.63, 3.8) is 0 Å². The van der Waals surface area contributed by atoms with E-state index >= 15 is 0 Å². The Morgan fingerprint density at radius 3 is 2.36 bits per heavy atom. The summed E-state index contributed by atoms with van der Waals surface area (Å²) in [6.07, 6.45) is 0. The number of rotatable bonds is 3. The number of imide groups is 1. The van der Waals surface area contributed by atoms with E-state index in [4.69, 9.17) is 23.2 Å². The third-order valence-electron chi connectivity index (χ3n) is 4.22. The number of nitrogens with one attached hydrogen (secondary N) is 1. The van der Waals surface area contributed by atoms with E-state index in [1.807, 2.05) is 0 Å². The van der Waals surface area contributed by atoms with Crippen molar-refractivity contribution in [1.82, 2.24) is 14.6 Å². The lowest BCUT2D eigenvalue weighted by Gasteiger charge is -2.15. The number of aromatic nitrogens is 2. The average molecular weight is 437 g/mol. The maximum atomic E-state index is 12.5. The molecule has 3 heterocycles. The molecule has 3 amide bonds. The largest absolute Gasteiger partial charge is 0.281 e. The van der Waals surface area contributed by atoms with Gasteiger partial charge in [-0.25, -0.2) is 9.66 Å². The molecule has 1 aliphatic heterocycles. The van der Waals surface area contributed by atoms with Crippen molar-refractivity contribution in [2.45, 2.75) is 6.92 Å². The predicted octanol–water partition coefficient (Wildman–Crippen LogP) is 2.44. The summed E-state index contributed by atoms with van der Waals surface area (Å²) in [6, 6.07) is 4.19. The van der Waals surface area contributed by atoms with Crippen LogP contribution in [-0.2, 0) is 4.79 Å². The summed E-state index contributed by atoms with van der Waals surface area (Å²) in [5, 5.41) is 2.34. The summed E-state index contributed by atoms with van der Waals surface area (Å²) in [5.41, 5.74) is 2.08. The number of fused-ring (bicyclic) bond motifs is 2. The van der Waals surface area contributed by atoms with Crippen LogP contribution in [0.2, 0.25) is 10.0 Å². The van der Waals surface area contributed by atoms with Gasteiger partial charge in [-0.2, -0.15) is 0 Å². The zero-order valence-electron chi connectivity index (χ0n) is 14.2. The maximum absolute atomic E-state index is 12.5. The lowest BCUT2D eigenvalue weighted by Crippen LogP contribution is -2.42. The minimum absolute atomic E-state index is 0.0712. The molecule has 1 aliphatic rings. The first-order valence-electron chi connectivity index (χ1n) is 7.90. The molecule has 0 radical (unpaired) electrons. The van der Waals surface area contributed by atoms with Gasteiger partial charge in [-0.3, -0.25) is 29.5 Å². The van der Waals surface area contributed by atoms with Crippen LogP contribution < -0.4 is 11.0 Å². The Bertz CT molecular complexity index is 1210. The normalized spacial score (nSPS) is 13.3. The molecule has 0 saturated heterocycles. The number of thiophene rings is 1.